The molecule has 1 fully saturated rings. The van der Waals surface area contributed by atoms with Gasteiger partial charge in [0.1, 0.15) is 11.6 Å². The quantitative estimate of drug-likeness (QED) is 0.904. The van der Waals surface area contributed by atoms with Gasteiger partial charge in [-0.2, -0.15) is 5.10 Å². The number of aliphatic hydroxyl groups is 1. The zero-order valence-electron chi connectivity index (χ0n) is 11.7. The molecule has 3 rings (SSSR count). The van der Waals surface area contributed by atoms with E-state index in [9.17, 15) is 18.7 Å². The van der Waals surface area contributed by atoms with Crippen molar-refractivity contribution in [2.45, 2.75) is 25.0 Å². The van der Waals surface area contributed by atoms with Crippen molar-refractivity contribution in [2.24, 2.45) is 0 Å². The number of halogens is 2. The Morgan fingerprint density at radius 3 is 2.95 bits per heavy atom. The summed E-state index contributed by atoms with van der Waals surface area (Å²) in [6.07, 6.45) is 1.04. The molecule has 1 aromatic heterocycles. The van der Waals surface area contributed by atoms with Crippen LogP contribution in [-0.2, 0) is 11.2 Å². The zero-order chi connectivity index (χ0) is 15.7. The number of benzene rings is 1. The Labute approximate surface area is 125 Å². The molecule has 0 unspecified atom stereocenters. The van der Waals surface area contributed by atoms with E-state index in [1.807, 2.05) is 0 Å². The van der Waals surface area contributed by atoms with Crippen LogP contribution in [0.5, 0.6) is 0 Å². The largest absolute Gasteiger partial charge is 0.391 e. The Morgan fingerprint density at radius 1 is 1.41 bits per heavy atom. The molecule has 2 aromatic rings. The maximum Gasteiger partial charge on any atom is 0.229 e. The number of likely N-dealkylation sites (tertiary alicyclic amines) is 1. The molecule has 5 nitrogen and oxygen atoms in total. The third kappa shape index (κ3) is 2.85. The van der Waals surface area contributed by atoms with Crippen molar-refractivity contribution in [3.8, 4) is 0 Å². The number of hydrogen-bond acceptors (Lipinski definition) is 3. The summed E-state index contributed by atoms with van der Waals surface area (Å²) in [5, 5.41) is 16.3. The van der Waals surface area contributed by atoms with E-state index in [1.54, 1.807) is 6.07 Å². The van der Waals surface area contributed by atoms with Gasteiger partial charge in [0, 0.05) is 24.0 Å². The number of aromatic nitrogens is 2. The highest BCUT2D eigenvalue weighted by molar-refractivity contribution is 5.79. The number of hydrogen-bond donors (Lipinski definition) is 2. The van der Waals surface area contributed by atoms with Crippen LogP contribution in [0.15, 0.2) is 30.5 Å². The van der Waals surface area contributed by atoms with Gasteiger partial charge in [0.15, 0.2) is 0 Å². The van der Waals surface area contributed by atoms with Crippen LogP contribution < -0.4 is 0 Å². The monoisotopic (exact) mass is 307 g/mol. The zero-order valence-corrected chi connectivity index (χ0v) is 11.7. The van der Waals surface area contributed by atoms with Gasteiger partial charge < -0.3 is 10.0 Å². The molecule has 0 radical (unpaired) electrons. The minimum atomic E-state index is -0.751. The number of nitrogens with zero attached hydrogens (tertiary/aromatic N) is 2. The molecule has 0 aliphatic carbocycles. The average Bonchev–Trinajstić information content (AvgIpc) is 3.11. The van der Waals surface area contributed by atoms with E-state index in [0.717, 1.165) is 18.2 Å². The number of β-amino-alcohol motifs (C(OH)–C–C–N with tert-alkyl or cyclic N) is 1. The molecule has 116 valence electrons. The van der Waals surface area contributed by atoms with Gasteiger partial charge in [-0.25, -0.2) is 8.78 Å². The molecule has 1 aromatic carbocycles. The number of rotatable bonds is 3. The van der Waals surface area contributed by atoms with Crippen LogP contribution in [0.3, 0.4) is 0 Å². The Kier molecular flexibility index (Phi) is 3.89. The first-order valence-corrected chi connectivity index (χ1v) is 6.95. The van der Waals surface area contributed by atoms with Crippen molar-refractivity contribution in [3.63, 3.8) is 0 Å². The molecular weight excluding hydrogens is 292 g/mol. The summed E-state index contributed by atoms with van der Waals surface area (Å²) in [6, 6.07) is 4.14. The fourth-order valence-corrected chi connectivity index (χ4v) is 2.80. The molecule has 1 saturated heterocycles. The summed E-state index contributed by atoms with van der Waals surface area (Å²) in [5.74, 6) is -1.42. The van der Waals surface area contributed by atoms with Crippen LogP contribution in [0.4, 0.5) is 8.78 Å². The highest BCUT2D eigenvalue weighted by Crippen LogP contribution is 2.34. The molecule has 0 saturated carbocycles. The second kappa shape index (κ2) is 5.84. The number of amides is 1. The van der Waals surface area contributed by atoms with Crippen molar-refractivity contribution in [1.82, 2.24) is 15.1 Å². The Hall–Kier alpha value is -2.28. The fraction of sp³-hybridized carbons (Fsp3) is 0.333. The predicted octanol–water partition coefficient (Wildman–Crippen LogP) is 1.56. The van der Waals surface area contributed by atoms with E-state index >= 15 is 0 Å². The lowest BCUT2D eigenvalue weighted by Gasteiger charge is -2.25. The van der Waals surface area contributed by atoms with Gasteiger partial charge in [0.2, 0.25) is 5.91 Å². The van der Waals surface area contributed by atoms with Crippen molar-refractivity contribution in [1.29, 1.82) is 0 Å². The lowest BCUT2D eigenvalue weighted by molar-refractivity contribution is -0.131. The summed E-state index contributed by atoms with van der Waals surface area (Å²) in [5.41, 5.74) is 0.722. The lowest BCUT2D eigenvalue weighted by Crippen LogP contribution is -2.33. The Morgan fingerprint density at radius 2 is 2.23 bits per heavy atom. The SMILES string of the molecule is O=C(Cc1ccn[nH]1)N1C[C@H](O)C[C@H]1c1cc(F)ccc1F. The van der Waals surface area contributed by atoms with Gasteiger partial charge in [0.05, 0.1) is 18.6 Å². The fourth-order valence-electron chi connectivity index (χ4n) is 2.80. The van der Waals surface area contributed by atoms with Crippen LogP contribution in [0.1, 0.15) is 23.7 Å². The molecule has 0 spiro atoms. The minimum Gasteiger partial charge on any atom is -0.391 e. The molecule has 0 bridgehead atoms. The Bertz CT molecular complexity index is 675. The number of carbonyl (C=O) groups excluding carboxylic acids is 1. The molecule has 1 aliphatic heterocycles. The highest BCUT2D eigenvalue weighted by Gasteiger charge is 2.36. The van der Waals surface area contributed by atoms with Crippen molar-refractivity contribution in [3.05, 3.63) is 53.4 Å². The third-order valence-electron chi connectivity index (χ3n) is 3.82. The van der Waals surface area contributed by atoms with Gasteiger partial charge in [0.25, 0.3) is 0 Å². The van der Waals surface area contributed by atoms with Gasteiger partial charge >= 0.3 is 0 Å². The normalized spacial score (nSPS) is 21.3. The number of nitrogens with one attached hydrogen (secondary N) is 1. The topological polar surface area (TPSA) is 69.2 Å². The van der Waals surface area contributed by atoms with Crippen LogP contribution in [0.2, 0.25) is 0 Å². The number of aliphatic hydroxyl groups excluding tert-OH is 1. The molecular formula is C15H15F2N3O2. The summed E-state index contributed by atoms with van der Waals surface area (Å²) in [6.45, 7) is 0.105. The van der Waals surface area contributed by atoms with Gasteiger partial charge in [-0.05, 0) is 30.7 Å². The van der Waals surface area contributed by atoms with Crippen LogP contribution in [0.25, 0.3) is 0 Å². The second-order valence-corrected chi connectivity index (χ2v) is 5.38. The average molecular weight is 307 g/mol. The van der Waals surface area contributed by atoms with Gasteiger partial charge in [-0.15, -0.1) is 0 Å². The van der Waals surface area contributed by atoms with E-state index in [2.05, 4.69) is 10.2 Å². The highest BCUT2D eigenvalue weighted by atomic mass is 19.1. The van der Waals surface area contributed by atoms with E-state index in [4.69, 9.17) is 0 Å². The molecule has 2 N–H and O–H groups in total. The second-order valence-electron chi connectivity index (χ2n) is 5.38. The first-order chi connectivity index (χ1) is 10.5. The maximum atomic E-state index is 14.0. The molecule has 1 amide bonds. The number of H-pyrrole nitrogens is 1. The standard InChI is InChI=1S/C15H15F2N3O2/c16-9-1-2-13(17)12(5-9)14-7-11(21)8-20(14)15(22)6-10-3-4-18-19-10/h1-5,11,14,21H,6-8H2,(H,18,19)/t11-,14+/m1/s1. The third-order valence-corrected chi connectivity index (χ3v) is 3.82. The predicted molar refractivity (Wildman–Crippen MR) is 73.7 cm³/mol. The van der Waals surface area contributed by atoms with Crippen molar-refractivity contribution >= 4 is 5.91 Å². The summed E-state index contributed by atoms with van der Waals surface area (Å²) in [4.78, 5) is 13.8. The minimum absolute atomic E-state index is 0.0696. The smallest absolute Gasteiger partial charge is 0.229 e. The van der Waals surface area contributed by atoms with Crippen molar-refractivity contribution < 1.29 is 18.7 Å². The molecule has 2 atom stereocenters. The first-order valence-electron chi connectivity index (χ1n) is 6.95. The van der Waals surface area contributed by atoms with E-state index in [-0.39, 0.29) is 30.9 Å². The number of carbonyl (C=O) groups is 1. The van der Waals surface area contributed by atoms with Crippen LogP contribution in [-0.4, -0.2) is 38.8 Å². The van der Waals surface area contributed by atoms with Crippen molar-refractivity contribution in [2.75, 3.05) is 6.54 Å². The van der Waals surface area contributed by atoms with E-state index in [0.29, 0.717) is 5.69 Å². The lowest BCUT2D eigenvalue weighted by atomic mass is 10.0. The molecule has 22 heavy (non-hydrogen) atoms. The molecule has 2 heterocycles. The molecule has 1 aliphatic rings. The maximum absolute atomic E-state index is 14.0. The molecule has 7 heteroatoms. The number of aromatic amines is 1. The Balaban J connectivity index is 1.85. The van der Waals surface area contributed by atoms with Crippen LogP contribution in [0, 0.1) is 11.6 Å². The summed E-state index contributed by atoms with van der Waals surface area (Å²) in [7, 11) is 0. The van der Waals surface area contributed by atoms with Gasteiger partial charge in [-0.1, -0.05) is 0 Å². The van der Waals surface area contributed by atoms with Crippen LogP contribution >= 0.6 is 0 Å². The summed E-state index contributed by atoms with van der Waals surface area (Å²) >= 11 is 0. The van der Waals surface area contributed by atoms with E-state index < -0.39 is 23.8 Å². The van der Waals surface area contributed by atoms with Gasteiger partial charge in [-0.3, -0.25) is 9.89 Å². The summed E-state index contributed by atoms with van der Waals surface area (Å²) < 4.78 is 27.3. The van der Waals surface area contributed by atoms with E-state index in [1.165, 1.54) is 11.1 Å². The first kappa shape index (κ1) is 14.6.